The molecule has 3 N–H and O–H groups in total. The molecule has 1 aromatic rings. The van der Waals surface area contributed by atoms with Gasteiger partial charge in [0.05, 0.1) is 4.92 Å². The molecule has 0 amide bonds. The van der Waals surface area contributed by atoms with E-state index < -0.39 is 26.2 Å². The van der Waals surface area contributed by atoms with E-state index in [1.165, 1.54) is 24.3 Å². The van der Waals surface area contributed by atoms with Gasteiger partial charge in [0, 0.05) is 11.6 Å². The maximum atomic E-state index is 12.3. The van der Waals surface area contributed by atoms with Crippen LogP contribution in [-0.2, 0) is 10.0 Å². The Morgan fingerprint density at radius 1 is 1.30 bits per heavy atom. The molecule has 8 heteroatoms. The molecular formula is C12H15N3O4S. The first-order valence-electron chi connectivity index (χ1n) is 6.29. The molecule has 7 nitrogen and oxygen atoms in total. The molecule has 4 rings (SSSR count). The molecule has 0 atom stereocenters. The third-order valence-corrected chi connectivity index (χ3v) is 5.90. The number of rotatable bonds is 5. The second-order valence-electron chi connectivity index (χ2n) is 5.85. The van der Waals surface area contributed by atoms with Crippen LogP contribution in [0, 0.1) is 15.5 Å². The summed E-state index contributed by atoms with van der Waals surface area (Å²) in [4.78, 5) is 9.96. The minimum Gasteiger partial charge on any atom is -0.330 e. The zero-order valence-corrected chi connectivity index (χ0v) is 11.5. The number of hydrogen-bond acceptors (Lipinski definition) is 5. The minimum absolute atomic E-state index is 0.0884. The van der Waals surface area contributed by atoms with Gasteiger partial charge in [-0.25, -0.2) is 13.1 Å². The van der Waals surface area contributed by atoms with Crippen LogP contribution < -0.4 is 10.5 Å². The number of benzene rings is 1. The van der Waals surface area contributed by atoms with Crippen molar-refractivity contribution >= 4 is 15.7 Å². The van der Waals surface area contributed by atoms with Gasteiger partial charge in [0.2, 0.25) is 10.0 Å². The highest BCUT2D eigenvalue weighted by molar-refractivity contribution is 7.89. The maximum Gasteiger partial charge on any atom is 0.289 e. The molecule has 3 aliphatic rings. The Hall–Kier alpha value is -1.51. The number of hydrogen-bond donors (Lipinski definition) is 2. The number of nitrogens with zero attached hydrogens (tertiary/aromatic N) is 1. The van der Waals surface area contributed by atoms with E-state index in [1.54, 1.807) is 0 Å². The molecule has 3 fully saturated rings. The van der Waals surface area contributed by atoms with Crippen molar-refractivity contribution in [2.45, 2.75) is 29.7 Å². The molecule has 0 radical (unpaired) electrons. The third kappa shape index (κ3) is 1.83. The van der Waals surface area contributed by atoms with Crippen LogP contribution >= 0.6 is 0 Å². The van der Waals surface area contributed by atoms with Gasteiger partial charge in [0.15, 0.2) is 4.90 Å². The van der Waals surface area contributed by atoms with Crippen LogP contribution in [0.4, 0.5) is 5.69 Å². The van der Waals surface area contributed by atoms with E-state index in [-0.39, 0.29) is 10.3 Å². The van der Waals surface area contributed by atoms with E-state index >= 15 is 0 Å². The molecule has 0 aromatic heterocycles. The van der Waals surface area contributed by atoms with Crippen molar-refractivity contribution in [1.82, 2.24) is 4.72 Å². The number of nitro benzene ring substituents is 1. The molecule has 0 saturated heterocycles. The normalized spacial score (nSPS) is 31.2. The first-order chi connectivity index (χ1) is 9.32. The number of sulfonamides is 1. The Bertz CT molecular complexity index is 666. The number of para-hydroxylation sites is 1. The van der Waals surface area contributed by atoms with E-state index in [9.17, 15) is 18.5 Å². The average molecular weight is 297 g/mol. The van der Waals surface area contributed by atoms with Crippen LogP contribution in [0.2, 0.25) is 0 Å². The van der Waals surface area contributed by atoms with Gasteiger partial charge in [-0.05, 0) is 37.3 Å². The van der Waals surface area contributed by atoms with E-state index in [0.717, 1.165) is 19.3 Å². The van der Waals surface area contributed by atoms with Crippen molar-refractivity contribution in [3.8, 4) is 0 Å². The van der Waals surface area contributed by atoms with E-state index in [2.05, 4.69) is 4.72 Å². The number of nitrogens with two attached hydrogens (primary N) is 1. The second-order valence-corrected chi connectivity index (χ2v) is 7.50. The third-order valence-electron chi connectivity index (χ3n) is 4.28. The van der Waals surface area contributed by atoms with Crippen molar-refractivity contribution in [3.63, 3.8) is 0 Å². The Morgan fingerprint density at radius 3 is 2.45 bits per heavy atom. The first-order valence-corrected chi connectivity index (χ1v) is 7.77. The second kappa shape index (κ2) is 4.00. The average Bonchev–Trinajstić information content (AvgIpc) is 2.32. The van der Waals surface area contributed by atoms with Crippen LogP contribution in [0.5, 0.6) is 0 Å². The minimum atomic E-state index is -3.88. The first kappa shape index (κ1) is 13.5. The highest BCUT2D eigenvalue weighted by Crippen LogP contribution is 2.66. The summed E-state index contributed by atoms with van der Waals surface area (Å²) in [5, 5.41) is 10.9. The smallest absolute Gasteiger partial charge is 0.289 e. The fourth-order valence-corrected chi connectivity index (χ4v) is 5.07. The molecule has 3 saturated carbocycles. The monoisotopic (exact) mass is 297 g/mol. The highest BCUT2D eigenvalue weighted by atomic mass is 32.2. The van der Waals surface area contributed by atoms with Crippen molar-refractivity contribution in [2.75, 3.05) is 6.54 Å². The van der Waals surface area contributed by atoms with Gasteiger partial charge < -0.3 is 5.73 Å². The maximum absolute atomic E-state index is 12.3. The molecule has 1 aromatic carbocycles. The summed E-state index contributed by atoms with van der Waals surface area (Å²) in [6.07, 6.45) is 2.16. The molecule has 2 bridgehead atoms. The standard InChI is InChI=1S/C12H15N3O4S/c13-8-11-5-12(6-11,7-11)14-20(18,19)10-4-2-1-3-9(10)15(16)17/h1-4,14H,5-8,13H2. The van der Waals surface area contributed by atoms with E-state index in [0.29, 0.717) is 6.54 Å². The Balaban J connectivity index is 1.86. The van der Waals surface area contributed by atoms with Gasteiger partial charge in [0.1, 0.15) is 0 Å². The van der Waals surface area contributed by atoms with Crippen molar-refractivity contribution in [2.24, 2.45) is 11.1 Å². The van der Waals surface area contributed by atoms with Crippen molar-refractivity contribution < 1.29 is 13.3 Å². The lowest BCUT2D eigenvalue weighted by Crippen LogP contribution is -2.76. The summed E-state index contributed by atoms with van der Waals surface area (Å²) in [6.45, 7) is 0.558. The van der Waals surface area contributed by atoms with Gasteiger partial charge in [0.25, 0.3) is 5.69 Å². The number of nitrogens with one attached hydrogen (secondary N) is 1. The zero-order chi connectivity index (χ0) is 14.6. The fraction of sp³-hybridized carbons (Fsp3) is 0.500. The lowest BCUT2D eigenvalue weighted by atomic mass is 9.40. The summed E-state index contributed by atoms with van der Waals surface area (Å²) in [6, 6.07) is 5.37. The molecule has 0 heterocycles. The van der Waals surface area contributed by atoms with E-state index in [1.807, 2.05) is 0 Å². The molecule has 3 aliphatic carbocycles. The fourth-order valence-electron chi connectivity index (χ4n) is 3.50. The van der Waals surface area contributed by atoms with Crippen molar-refractivity contribution in [3.05, 3.63) is 34.4 Å². The summed E-state index contributed by atoms with van der Waals surface area (Å²) in [7, 11) is -3.88. The molecule has 0 aliphatic heterocycles. The zero-order valence-electron chi connectivity index (χ0n) is 10.7. The SMILES string of the molecule is NCC12CC(NS(=O)(=O)c3ccccc3[N+](=O)[O-])(C1)C2. The Labute approximate surface area is 116 Å². The Morgan fingerprint density at radius 2 is 1.90 bits per heavy atom. The summed E-state index contributed by atoms with van der Waals surface area (Å²) in [5.41, 5.74) is 4.88. The highest BCUT2D eigenvalue weighted by Gasteiger charge is 2.68. The van der Waals surface area contributed by atoms with Gasteiger partial charge in [-0.2, -0.15) is 0 Å². The van der Waals surface area contributed by atoms with Crippen LogP contribution in [0.25, 0.3) is 0 Å². The Kier molecular flexibility index (Phi) is 2.69. The summed E-state index contributed by atoms with van der Waals surface area (Å²) < 4.78 is 27.3. The van der Waals surface area contributed by atoms with Crippen LogP contribution in [0.1, 0.15) is 19.3 Å². The van der Waals surface area contributed by atoms with Gasteiger partial charge in [-0.15, -0.1) is 0 Å². The quantitative estimate of drug-likeness (QED) is 0.614. The van der Waals surface area contributed by atoms with Crippen LogP contribution in [-0.4, -0.2) is 25.4 Å². The lowest BCUT2D eigenvalue weighted by molar-refractivity contribution is -0.387. The summed E-state index contributed by atoms with van der Waals surface area (Å²) in [5.74, 6) is 0. The topological polar surface area (TPSA) is 115 Å². The molecule has 108 valence electrons. The van der Waals surface area contributed by atoms with Gasteiger partial charge >= 0.3 is 0 Å². The van der Waals surface area contributed by atoms with Gasteiger partial charge in [-0.3, -0.25) is 10.1 Å². The van der Waals surface area contributed by atoms with E-state index in [4.69, 9.17) is 5.73 Å². The molecule has 0 spiro atoms. The largest absolute Gasteiger partial charge is 0.330 e. The predicted molar refractivity (Wildman–Crippen MR) is 71.5 cm³/mol. The number of nitro groups is 1. The van der Waals surface area contributed by atoms with Crippen LogP contribution in [0.3, 0.4) is 0 Å². The van der Waals surface area contributed by atoms with Crippen LogP contribution in [0.15, 0.2) is 29.2 Å². The molecule has 20 heavy (non-hydrogen) atoms. The lowest BCUT2D eigenvalue weighted by Gasteiger charge is -2.70. The summed E-state index contributed by atoms with van der Waals surface area (Å²) >= 11 is 0. The predicted octanol–water partition coefficient (Wildman–Crippen LogP) is 0.755. The van der Waals surface area contributed by atoms with Gasteiger partial charge in [-0.1, -0.05) is 12.1 Å². The molecular weight excluding hydrogens is 282 g/mol. The molecule has 0 unspecified atom stereocenters. The van der Waals surface area contributed by atoms with Crippen molar-refractivity contribution in [1.29, 1.82) is 0 Å².